The van der Waals surface area contributed by atoms with Crippen molar-refractivity contribution in [2.24, 2.45) is 5.10 Å². The number of hydrogen-bond acceptors (Lipinski definition) is 5. The van der Waals surface area contributed by atoms with E-state index in [0.717, 1.165) is 10.0 Å². The Hall–Kier alpha value is -3.45. The zero-order chi connectivity index (χ0) is 25.3. The molecular formula is C26H24BrN3O4S. The van der Waals surface area contributed by atoms with Gasteiger partial charge in [0.2, 0.25) is 15.9 Å². The maximum absolute atomic E-state index is 13.0. The Morgan fingerprint density at radius 3 is 2.54 bits per heavy atom. The Balaban J connectivity index is 1.74. The van der Waals surface area contributed by atoms with Crippen molar-refractivity contribution in [2.75, 3.05) is 6.61 Å². The van der Waals surface area contributed by atoms with Crippen LogP contribution in [0, 0.1) is 19.3 Å². The molecule has 0 spiro atoms. The zero-order valence-electron chi connectivity index (χ0n) is 18.9. The quantitative estimate of drug-likeness (QED) is 0.222. The third kappa shape index (κ3) is 7.79. The fourth-order valence-corrected chi connectivity index (χ4v) is 4.76. The maximum Gasteiger partial charge on any atom is 0.242 e. The summed E-state index contributed by atoms with van der Waals surface area (Å²) in [7, 11) is -3.86. The average molecular weight is 554 g/mol. The topological polar surface area (TPSA) is 96.9 Å². The number of sulfonamides is 1. The highest BCUT2D eigenvalue weighted by atomic mass is 79.9. The number of carbonyl (C=O) groups excluding carboxylic acids is 1. The van der Waals surface area contributed by atoms with Crippen molar-refractivity contribution in [3.8, 4) is 18.1 Å². The number of carbonyl (C=O) groups is 1. The van der Waals surface area contributed by atoms with Crippen LogP contribution in [-0.2, 0) is 14.8 Å². The van der Waals surface area contributed by atoms with Crippen LogP contribution in [0.1, 0.15) is 29.2 Å². The molecule has 0 aliphatic heterocycles. The molecular weight excluding hydrogens is 530 g/mol. The van der Waals surface area contributed by atoms with Crippen LogP contribution < -0.4 is 14.9 Å². The van der Waals surface area contributed by atoms with Gasteiger partial charge in [0.15, 0.2) is 0 Å². The van der Waals surface area contributed by atoms with Gasteiger partial charge < -0.3 is 4.74 Å². The van der Waals surface area contributed by atoms with Crippen LogP contribution in [0.4, 0.5) is 0 Å². The minimum Gasteiger partial charge on any atom is -0.480 e. The van der Waals surface area contributed by atoms with Crippen molar-refractivity contribution in [1.82, 2.24) is 10.1 Å². The maximum atomic E-state index is 13.0. The first-order valence-corrected chi connectivity index (χ1v) is 12.9. The third-order valence-corrected chi connectivity index (χ3v) is 6.88. The molecule has 0 aliphatic carbocycles. The highest BCUT2D eigenvalue weighted by Gasteiger charge is 2.23. The van der Waals surface area contributed by atoms with Crippen LogP contribution in [-0.4, -0.2) is 27.1 Å². The summed E-state index contributed by atoms with van der Waals surface area (Å²) in [5.74, 6) is 2.44. The number of nitrogens with zero attached hydrogens (tertiary/aromatic N) is 1. The third-order valence-electron chi connectivity index (χ3n) is 4.90. The van der Waals surface area contributed by atoms with E-state index in [4.69, 9.17) is 11.2 Å². The molecule has 0 unspecified atom stereocenters. The number of amides is 1. The van der Waals surface area contributed by atoms with E-state index in [0.29, 0.717) is 16.9 Å². The van der Waals surface area contributed by atoms with Crippen LogP contribution in [0.3, 0.4) is 0 Å². The van der Waals surface area contributed by atoms with E-state index in [9.17, 15) is 13.2 Å². The SMILES string of the molecule is C#CCOc1ccc(Br)cc1/C=N\NC(=O)C[C@@H](NS(=O)(=O)c1ccc(C)cc1)c1ccccc1. The second-order valence-electron chi connectivity index (χ2n) is 7.57. The molecule has 0 saturated carbocycles. The molecule has 0 heterocycles. The Kier molecular flexibility index (Phi) is 9.20. The van der Waals surface area contributed by atoms with E-state index in [1.165, 1.54) is 18.3 Å². The van der Waals surface area contributed by atoms with Gasteiger partial charge in [0, 0.05) is 16.5 Å². The summed E-state index contributed by atoms with van der Waals surface area (Å²) in [6.45, 7) is 1.97. The van der Waals surface area contributed by atoms with Crippen molar-refractivity contribution in [3.63, 3.8) is 0 Å². The molecule has 9 heteroatoms. The number of nitrogens with one attached hydrogen (secondary N) is 2. The highest BCUT2D eigenvalue weighted by molar-refractivity contribution is 9.10. The van der Waals surface area contributed by atoms with Crippen molar-refractivity contribution in [2.45, 2.75) is 24.3 Å². The molecule has 2 N–H and O–H groups in total. The van der Waals surface area contributed by atoms with Crippen LogP contribution in [0.25, 0.3) is 0 Å². The Morgan fingerprint density at radius 2 is 1.86 bits per heavy atom. The monoisotopic (exact) mass is 553 g/mol. The summed E-state index contributed by atoms with van der Waals surface area (Å²) < 4.78 is 34.8. The Bertz CT molecular complexity index is 1340. The number of benzene rings is 3. The molecule has 35 heavy (non-hydrogen) atoms. The Labute approximate surface area is 213 Å². The van der Waals surface area contributed by atoms with Gasteiger partial charge in [-0.05, 0) is 42.8 Å². The van der Waals surface area contributed by atoms with Crippen molar-refractivity contribution in [3.05, 3.63) is 94.0 Å². The number of halogens is 1. The lowest BCUT2D eigenvalue weighted by atomic mass is 10.0. The first-order chi connectivity index (χ1) is 16.8. The predicted octanol–water partition coefficient (Wildman–Crippen LogP) is 4.33. The van der Waals surface area contributed by atoms with Crippen LogP contribution >= 0.6 is 15.9 Å². The zero-order valence-corrected chi connectivity index (χ0v) is 21.3. The number of aryl methyl sites for hydroxylation is 1. The molecule has 180 valence electrons. The van der Waals surface area contributed by atoms with Gasteiger partial charge in [-0.3, -0.25) is 4.79 Å². The van der Waals surface area contributed by atoms with E-state index in [-0.39, 0.29) is 17.9 Å². The van der Waals surface area contributed by atoms with Gasteiger partial charge in [0.25, 0.3) is 0 Å². The molecule has 3 aromatic carbocycles. The van der Waals surface area contributed by atoms with Gasteiger partial charge in [-0.25, -0.2) is 18.6 Å². The molecule has 7 nitrogen and oxygen atoms in total. The lowest BCUT2D eigenvalue weighted by molar-refractivity contribution is -0.121. The molecule has 0 bridgehead atoms. The summed E-state index contributed by atoms with van der Waals surface area (Å²) >= 11 is 3.38. The second-order valence-corrected chi connectivity index (χ2v) is 10.2. The van der Waals surface area contributed by atoms with E-state index in [1.54, 1.807) is 54.6 Å². The predicted molar refractivity (Wildman–Crippen MR) is 140 cm³/mol. The summed E-state index contributed by atoms with van der Waals surface area (Å²) in [6.07, 6.45) is 6.53. The number of rotatable bonds is 10. The van der Waals surface area contributed by atoms with E-state index < -0.39 is 22.0 Å². The van der Waals surface area contributed by atoms with Crippen LogP contribution in [0.5, 0.6) is 5.75 Å². The van der Waals surface area contributed by atoms with Crippen molar-refractivity contribution >= 4 is 38.1 Å². The molecule has 3 rings (SSSR count). The summed E-state index contributed by atoms with van der Waals surface area (Å²) in [5, 5.41) is 4.01. The minimum atomic E-state index is -3.86. The molecule has 0 aromatic heterocycles. The Morgan fingerprint density at radius 1 is 1.14 bits per heavy atom. The average Bonchev–Trinajstić information content (AvgIpc) is 2.84. The first-order valence-electron chi connectivity index (χ1n) is 10.6. The highest BCUT2D eigenvalue weighted by Crippen LogP contribution is 2.22. The summed E-state index contributed by atoms with van der Waals surface area (Å²) in [6, 6.07) is 19.9. The van der Waals surface area contributed by atoms with Gasteiger partial charge in [-0.15, -0.1) is 6.42 Å². The first kappa shape index (κ1) is 26.2. The normalized spacial score (nSPS) is 12.1. The number of hydrogen-bond donors (Lipinski definition) is 2. The van der Waals surface area contributed by atoms with Gasteiger partial charge in [-0.1, -0.05) is 69.9 Å². The van der Waals surface area contributed by atoms with Crippen LogP contribution in [0.15, 0.2) is 87.3 Å². The molecule has 0 radical (unpaired) electrons. The fraction of sp³-hybridized carbons (Fsp3) is 0.154. The number of terminal acetylenes is 1. The standard InChI is InChI=1S/C26H24BrN3O4S/c1-3-15-34-25-14-11-22(27)16-21(25)18-28-29-26(31)17-24(20-7-5-4-6-8-20)30-35(32,33)23-12-9-19(2)10-13-23/h1,4-14,16,18,24,30H,15,17H2,2H3,(H,29,31)/b28-18-/t24-/m1/s1. The molecule has 1 amide bonds. The van der Waals surface area contributed by atoms with Crippen molar-refractivity contribution in [1.29, 1.82) is 0 Å². The van der Waals surface area contributed by atoms with E-state index in [2.05, 4.69) is 37.1 Å². The number of ether oxygens (including phenoxy) is 1. The lowest BCUT2D eigenvalue weighted by Crippen LogP contribution is -2.32. The molecule has 0 saturated heterocycles. The largest absolute Gasteiger partial charge is 0.480 e. The van der Waals surface area contributed by atoms with E-state index in [1.807, 2.05) is 13.0 Å². The van der Waals surface area contributed by atoms with Crippen LogP contribution in [0.2, 0.25) is 0 Å². The van der Waals surface area contributed by atoms with Gasteiger partial charge in [0.05, 0.1) is 17.2 Å². The van der Waals surface area contributed by atoms with Gasteiger partial charge in [0.1, 0.15) is 12.4 Å². The van der Waals surface area contributed by atoms with Gasteiger partial charge >= 0.3 is 0 Å². The van der Waals surface area contributed by atoms with Gasteiger partial charge in [-0.2, -0.15) is 5.10 Å². The molecule has 3 aromatic rings. The minimum absolute atomic E-state index is 0.0920. The lowest BCUT2D eigenvalue weighted by Gasteiger charge is -2.18. The van der Waals surface area contributed by atoms with Crippen molar-refractivity contribution < 1.29 is 17.9 Å². The molecule has 0 aliphatic rings. The summed E-state index contributed by atoms with van der Waals surface area (Å²) in [5.41, 5.74) is 4.65. The number of hydrazone groups is 1. The fourth-order valence-electron chi connectivity index (χ4n) is 3.16. The second kappa shape index (κ2) is 12.3. The molecule has 0 fully saturated rings. The summed E-state index contributed by atoms with van der Waals surface area (Å²) in [4.78, 5) is 12.8. The smallest absolute Gasteiger partial charge is 0.242 e. The van der Waals surface area contributed by atoms with E-state index >= 15 is 0 Å². The molecule has 1 atom stereocenters.